The lowest BCUT2D eigenvalue weighted by atomic mass is 10.1. The molecule has 7 nitrogen and oxygen atoms in total. The molecular weight excluding hydrogens is 553 g/mol. The van der Waals surface area contributed by atoms with Crippen LogP contribution in [0.4, 0.5) is 15.8 Å². The summed E-state index contributed by atoms with van der Waals surface area (Å²) in [5.41, 5.74) is 2.10. The van der Waals surface area contributed by atoms with Gasteiger partial charge in [0.15, 0.2) is 0 Å². The van der Waals surface area contributed by atoms with Crippen molar-refractivity contribution >= 4 is 46.9 Å². The van der Waals surface area contributed by atoms with E-state index in [1.807, 2.05) is 13.8 Å². The third-order valence-corrected chi connectivity index (χ3v) is 7.05. The monoisotopic (exact) mass is 583 g/mol. The summed E-state index contributed by atoms with van der Waals surface area (Å²) in [6.07, 6.45) is 1.48. The molecule has 9 heteroatoms. The van der Waals surface area contributed by atoms with Crippen LogP contribution in [-0.4, -0.2) is 29.6 Å². The van der Waals surface area contributed by atoms with Gasteiger partial charge in [-0.25, -0.2) is 4.39 Å². The highest BCUT2D eigenvalue weighted by Gasteiger charge is 2.17. The Balaban J connectivity index is 1.39. The Morgan fingerprint density at radius 3 is 2.10 bits per heavy atom. The lowest BCUT2D eigenvalue weighted by Crippen LogP contribution is -2.30. The molecule has 0 aliphatic rings. The smallest absolute Gasteiger partial charge is 0.272 e. The fourth-order valence-corrected chi connectivity index (χ4v) is 4.65. The first-order valence-electron chi connectivity index (χ1n) is 13.3. The first-order chi connectivity index (χ1) is 20.3. The van der Waals surface area contributed by atoms with E-state index in [2.05, 4.69) is 16.0 Å². The predicted molar refractivity (Wildman–Crippen MR) is 165 cm³/mol. The summed E-state index contributed by atoms with van der Waals surface area (Å²) in [4.78, 5) is 39.5. The number of carbonyl (C=O) groups excluding carboxylic acids is 3. The van der Waals surface area contributed by atoms with E-state index in [0.29, 0.717) is 29.1 Å². The first-order valence-corrected chi connectivity index (χ1v) is 14.1. The molecule has 0 heterocycles. The Labute approximate surface area is 248 Å². The highest BCUT2D eigenvalue weighted by atomic mass is 32.2. The van der Waals surface area contributed by atoms with E-state index in [9.17, 15) is 18.8 Å². The van der Waals surface area contributed by atoms with E-state index in [1.54, 1.807) is 78.9 Å². The van der Waals surface area contributed by atoms with Crippen molar-refractivity contribution in [3.8, 4) is 5.75 Å². The molecule has 1 unspecified atom stereocenters. The van der Waals surface area contributed by atoms with Crippen LogP contribution in [0.2, 0.25) is 0 Å². The van der Waals surface area contributed by atoms with E-state index in [-0.39, 0.29) is 16.9 Å². The van der Waals surface area contributed by atoms with Crippen LogP contribution in [0.5, 0.6) is 5.75 Å². The summed E-state index contributed by atoms with van der Waals surface area (Å²) < 4.78 is 18.8. The van der Waals surface area contributed by atoms with Crippen molar-refractivity contribution in [2.45, 2.75) is 24.0 Å². The van der Waals surface area contributed by atoms with E-state index in [0.717, 1.165) is 10.6 Å². The zero-order valence-corrected chi connectivity index (χ0v) is 23.9. The Hall–Kier alpha value is -4.89. The molecule has 0 aliphatic heterocycles. The molecule has 4 aromatic rings. The topological polar surface area (TPSA) is 96.5 Å². The second kappa shape index (κ2) is 14.7. The van der Waals surface area contributed by atoms with Crippen molar-refractivity contribution in [1.29, 1.82) is 0 Å². The van der Waals surface area contributed by atoms with Crippen molar-refractivity contribution in [1.82, 2.24) is 5.32 Å². The van der Waals surface area contributed by atoms with E-state index < -0.39 is 17.6 Å². The summed E-state index contributed by atoms with van der Waals surface area (Å²) in [5.74, 6) is -0.823. The standard InChI is InChI=1S/C33H30FN3O4S/c1-3-41-28-17-13-26(14-18-28)35-31(38)22(2)42-29-19-15-27(16-20-29)36-33(40)30(21-23-9-11-25(34)12-10-23)37-32(39)24-7-5-4-6-8-24/h4-22H,3H2,1-2H3,(H,35,38)(H,36,40)(H,37,39)/b30-21-. The van der Waals surface area contributed by atoms with Crippen LogP contribution < -0.4 is 20.7 Å². The Morgan fingerprint density at radius 2 is 1.45 bits per heavy atom. The lowest BCUT2D eigenvalue weighted by molar-refractivity contribution is -0.115. The van der Waals surface area contributed by atoms with Crippen molar-refractivity contribution in [2.24, 2.45) is 0 Å². The van der Waals surface area contributed by atoms with Crippen LogP contribution in [-0.2, 0) is 9.59 Å². The van der Waals surface area contributed by atoms with E-state index >= 15 is 0 Å². The van der Waals surface area contributed by atoms with Crippen LogP contribution in [0.15, 0.2) is 114 Å². The Morgan fingerprint density at radius 1 is 0.833 bits per heavy atom. The summed E-state index contributed by atoms with van der Waals surface area (Å²) in [6, 6.07) is 28.3. The number of anilines is 2. The largest absolute Gasteiger partial charge is 0.494 e. The maximum atomic E-state index is 13.4. The fourth-order valence-electron chi connectivity index (χ4n) is 3.79. The molecule has 0 aromatic heterocycles. The summed E-state index contributed by atoms with van der Waals surface area (Å²) in [5, 5.41) is 7.96. The number of ether oxygens (including phenoxy) is 1. The molecule has 214 valence electrons. The van der Waals surface area contributed by atoms with Crippen LogP contribution in [0.3, 0.4) is 0 Å². The minimum Gasteiger partial charge on any atom is -0.494 e. The van der Waals surface area contributed by atoms with Gasteiger partial charge >= 0.3 is 0 Å². The van der Waals surface area contributed by atoms with Gasteiger partial charge < -0.3 is 20.7 Å². The van der Waals surface area contributed by atoms with Gasteiger partial charge in [0.05, 0.1) is 11.9 Å². The molecule has 0 saturated carbocycles. The SMILES string of the molecule is CCOc1ccc(NC(=O)C(C)Sc2ccc(NC(=O)/C(=C/c3ccc(F)cc3)NC(=O)c3ccccc3)cc2)cc1. The molecule has 0 saturated heterocycles. The number of amides is 3. The number of benzene rings is 4. The van der Waals surface area contributed by atoms with Gasteiger partial charge in [0.1, 0.15) is 17.3 Å². The van der Waals surface area contributed by atoms with Gasteiger partial charge in [-0.3, -0.25) is 14.4 Å². The summed E-state index contributed by atoms with van der Waals surface area (Å²) in [6.45, 7) is 4.29. The minimum absolute atomic E-state index is 0.00602. The third kappa shape index (κ3) is 8.81. The van der Waals surface area contributed by atoms with Gasteiger partial charge in [0.2, 0.25) is 5.91 Å². The summed E-state index contributed by atoms with van der Waals surface area (Å²) >= 11 is 1.38. The third-order valence-electron chi connectivity index (χ3n) is 5.94. The molecule has 0 spiro atoms. The normalized spacial score (nSPS) is 11.7. The number of rotatable bonds is 11. The molecule has 0 radical (unpaired) electrons. The number of thioether (sulfide) groups is 1. The molecule has 4 rings (SSSR count). The second-order valence-corrected chi connectivity index (χ2v) is 10.5. The highest BCUT2D eigenvalue weighted by molar-refractivity contribution is 8.00. The van der Waals surface area contributed by atoms with Gasteiger partial charge in [0.25, 0.3) is 11.8 Å². The maximum Gasteiger partial charge on any atom is 0.272 e. The van der Waals surface area contributed by atoms with Crippen molar-refractivity contribution < 1.29 is 23.5 Å². The number of carbonyl (C=O) groups is 3. The summed E-state index contributed by atoms with van der Waals surface area (Å²) in [7, 11) is 0. The maximum absolute atomic E-state index is 13.4. The molecule has 0 bridgehead atoms. The van der Waals surface area contributed by atoms with E-state index in [4.69, 9.17) is 4.74 Å². The minimum atomic E-state index is -0.549. The zero-order chi connectivity index (χ0) is 29.9. The van der Waals surface area contributed by atoms with Crippen molar-refractivity contribution in [2.75, 3.05) is 17.2 Å². The molecule has 0 fully saturated rings. The number of nitrogens with one attached hydrogen (secondary N) is 3. The van der Waals surface area contributed by atoms with Gasteiger partial charge in [-0.05, 0) is 98.3 Å². The van der Waals surface area contributed by atoms with Gasteiger partial charge in [-0.1, -0.05) is 30.3 Å². The van der Waals surface area contributed by atoms with Crippen molar-refractivity contribution in [3.63, 3.8) is 0 Å². The van der Waals surface area contributed by atoms with Gasteiger partial charge in [-0.15, -0.1) is 11.8 Å². The molecule has 3 amide bonds. The average Bonchev–Trinajstić information content (AvgIpc) is 3.00. The highest BCUT2D eigenvalue weighted by Crippen LogP contribution is 2.26. The number of hydrogen-bond acceptors (Lipinski definition) is 5. The number of halogens is 1. The molecule has 4 aromatic carbocycles. The fraction of sp³-hybridized carbons (Fsp3) is 0.121. The predicted octanol–water partition coefficient (Wildman–Crippen LogP) is 6.75. The molecule has 42 heavy (non-hydrogen) atoms. The van der Waals surface area contributed by atoms with E-state index in [1.165, 1.54) is 42.1 Å². The van der Waals surface area contributed by atoms with Gasteiger partial charge in [0, 0.05) is 21.8 Å². The van der Waals surface area contributed by atoms with Gasteiger partial charge in [-0.2, -0.15) is 0 Å². The van der Waals surface area contributed by atoms with Crippen molar-refractivity contribution in [3.05, 3.63) is 126 Å². The lowest BCUT2D eigenvalue weighted by Gasteiger charge is -2.14. The van der Waals surface area contributed by atoms with Crippen LogP contribution in [0.25, 0.3) is 6.08 Å². The Bertz CT molecular complexity index is 1540. The average molecular weight is 584 g/mol. The molecule has 1 atom stereocenters. The second-order valence-electron chi connectivity index (χ2n) is 9.11. The van der Waals surface area contributed by atoms with Crippen LogP contribution >= 0.6 is 11.8 Å². The molecular formula is C33H30FN3O4S. The molecule has 0 aliphatic carbocycles. The quantitative estimate of drug-likeness (QED) is 0.134. The number of hydrogen-bond donors (Lipinski definition) is 3. The molecule has 3 N–H and O–H groups in total. The first kappa shape index (κ1) is 30.1. The van der Waals surface area contributed by atoms with Crippen LogP contribution in [0, 0.1) is 5.82 Å². The Kier molecular flexibility index (Phi) is 10.5. The van der Waals surface area contributed by atoms with Crippen LogP contribution in [0.1, 0.15) is 29.8 Å². The zero-order valence-electron chi connectivity index (χ0n) is 23.1.